The molecule has 0 radical (unpaired) electrons. The van der Waals surface area contributed by atoms with Gasteiger partial charge in [-0.2, -0.15) is 74.6 Å². The van der Waals surface area contributed by atoms with Gasteiger partial charge in [-0.05, 0) is 6.42 Å². The molecule has 2 atom stereocenters. The fraction of sp³-hybridized carbons (Fsp3) is 1.00. The molecule has 0 spiro atoms. The van der Waals surface area contributed by atoms with Crippen LogP contribution in [0.1, 0.15) is 20.3 Å². The first-order valence-electron chi connectivity index (χ1n) is 7.50. The molecular weight excluding hydrogens is 606 g/mol. The molecule has 0 aliphatic carbocycles. The van der Waals surface area contributed by atoms with Gasteiger partial charge in [0.2, 0.25) is 0 Å². The van der Waals surface area contributed by atoms with Crippen LogP contribution < -0.4 is 0 Å². The summed E-state index contributed by atoms with van der Waals surface area (Å²) in [5, 5.41) is 0. The van der Waals surface area contributed by atoms with E-state index in [0.29, 0.717) is 0 Å². The van der Waals surface area contributed by atoms with Crippen LogP contribution >= 0.6 is 22.6 Å². The Morgan fingerprint density at radius 2 is 0.774 bits per heavy atom. The molecule has 0 aromatic carbocycles. The molecule has 31 heavy (non-hydrogen) atoms. The average molecular weight is 616 g/mol. The largest absolute Gasteiger partial charge is 0.460 e. The minimum absolute atomic E-state index is 0.0767. The van der Waals surface area contributed by atoms with Crippen LogP contribution in [-0.4, -0.2) is 51.6 Å². The Labute approximate surface area is 175 Å². The minimum atomic E-state index is -8.58. The van der Waals surface area contributed by atoms with Crippen molar-refractivity contribution in [1.82, 2.24) is 0 Å². The molecule has 0 saturated carbocycles. The van der Waals surface area contributed by atoms with Crippen molar-refractivity contribution < 1.29 is 74.6 Å². The highest BCUT2D eigenvalue weighted by Crippen LogP contribution is 2.64. The smallest absolute Gasteiger partial charge is 0.199 e. The highest BCUT2D eigenvalue weighted by Gasteiger charge is 2.95. The van der Waals surface area contributed by atoms with E-state index in [4.69, 9.17) is 0 Å². The summed E-state index contributed by atoms with van der Waals surface area (Å²) in [5.41, 5.74) is 0. The molecular formula is C13H10F17I. The molecule has 0 saturated heterocycles. The summed E-state index contributed by atoms with van der Waals surface area (Å²) >= 11 is 0.956. The Kier molecular flexibility index (Phi) is 7.97. The third-order valence-corrected chi connectivity index (χ3v) is 6.21. The molecule has 0 amide bonds. The molecule has 0 fully saturated rings. The monoisotopic (exact) mass is 616 g/mol. The highest BCUT2D eigenvalue weighted by atomic mass is 127. The Morgan fingerprint density at radius 3 is 1.03 bits per heavy atom. The van der Waals surface area contributed by atoms with Gasteiger partial charge in [-0.1, -0.05) is 36.4 Å². The molecule has 0 nitrogen and oxygen atoms in total. The van der Waals surface area contributed by atoms with Crippen LogP contribution in [-0.2, 0) is 0 Å². The Morgan fingerprint density at radius 1 is 0.516 bits per heavy atom. The summed E-state index contributed by atoms with van der Waals surface area (Å²) in [6, 6.07) is 0. The third kappa shape index (κ3) is 4.03. The molecule has 0 aliphatic rings. The zero-order chi connectivity index (χ0) is 25.9. The fourth-order valence-electron chi connectivity index (χ4n) is 2.04. The lowest BCUT2D eigenvalue weighted by atomic mass is 9.84. The molecule has 0 N–H and O–H groups in total. The van der Waals surface area contributed by atoms with Gasteiger partial charge >= 0.3 is 47.6 Å². The second-order valence-electron chi connectivity index (χ2n) is 6.28. The number of rotatable bonds is 9. The SMILES string of the molecule is CCC(I)C(C)C(F)(F)C(F)(F)C(F)(F)C(F)(F)C(F)(F)C(F)(F)C(F)(F)C(F)(F)F. The molecule has 0 bridgehead atoms. The quantitative estimate of drug-likeness (QED) is 0.141. The van der Waals surface area contributed by atoms with Crippen molar-refractivity contribution in [3.8, 4) is 0 Å². The van der Waals surface area contributed by atoms with Crippen LogP contribution in [0, 0.1) is 5.92 Å². The standard InChI is InChI=1S/C13H10F17I/c1-3-5(31)4(2)6(14,15)7(16,17)8(18,19)9(20,21)10(22,23)11(24,25)12(26,27)13(28,29)30/h4-5H,3H2,1-2H3. The summed E-state index contributed by atoms with van der Waals surface area (Å²) in [6.45, 7) is 1.09. The predicted octanol–water partition coefficient (Wildman–Crippen LogP) is 7.85. The van der Waals surface area contributed by atoms with Crippen LogP contribution in [0.2, 0.25) is 0 Å². The topological polar surface area (TPSA) is 0 Å². The van der Waals surface area contributed by atoms with Crippen LogP contribution in [0.3, 0.4) is 0 Å². The summed E-state index contributed by atoms with van der Waals surface area (Å²) in [4.78, 5) is 0. The van der Waals surface area contributed by atoms with Gasteiger partial charge < -0.3 is 0 Å². The van der Waals surface area contributed by atoms with Crippen LogP contribution in [0.25, 0.3) is 0 Å². The molecule has 188 valence electrons. The van der Waals surface area contributed by atoms with E-state index in [9.17, 15) is 74.6 Å². The lowest BCUT2D eigenvalue weighted by molar-refractivity contribution is -0.463. The zero-order valence-corrected chi connectivity index (χ0v) is 16.8. The number of hydrogen-bond donors (Lipinski definition) is 0. The normalized spacial score (nSPS) is 18.2. The van der Waals surface area contributed by atoms with Crippen molar-refractivity contribution in [1.29, 1.82) is 0 Å². The van der Waals surface area contributed by atoms with Crippen molar-refractivity contribution in [2.24, 2.45) is 5.92 Å². The van der Waals surface area contributed by atoms with Crippen molar-refractivity contribution in [2.45, 2.75) is 71.8 Å². The third-order valence-electron chi connectivity index (χ3n) is 4.25. The first-order chi connectivity index (χ1) is 13.1. The maximum atomic E-state index is 13.8. The van der Waals surface area contributed by atoms with Gasteiger partial charge in [0.1, 0.15) is 0 Å². The van der Waals surface area contributed by atoms with E-state index in [0.717, 1.165) is 29.5 Å². The lowest BCUT2D eigenvalue weighted by Crippen LogP contribution is -2.75. The van der Waals surface area contributed by atoms with E-state index < -0.39 is 63.9 Å². The van der Waals surface area contributed by atoms with Gasteiger partial charge in [0.05, 0.1) is 0 Å². The van der Waals surface area contributed by atoms with Crippen molar-refractivity contribution in [2.75, 3.05) is 0 Å². The van der Waals surface area contributed by atoms with Crippen molar-refractivity contribution in [3.05, 3.63) is 0 Å². The van der Waals surface area contributed by atoms with E-state index in [-0.39, 0.29) is 6.92 Å². The molecule has 18 heteroatoms. The Balaban J connectivity index is 6.76. The second-order valence-corrected chi connectivity index (χ2v) is 7.88. The molecule has 0 heterocycles. The van der Waals surface area contributed by atoms with Crippen molar-refractivity contribution in [3.63, 3.8) is 0 Å². The summed E-state index contributed by atoms with van der Waals surface area (Å²) in [6.07, 6.45) is -8.25. The van der Waals surface area contributed by atoms with Crippen molar-refractivity contribution >= 4 is 22.6 Å². The predicted molar refractivity (Wildman–Crippen MR) is 77.9 cm³/mol. The van der Waals surface area contributed by atoms with Gasteiger partial charge in [0.25, 0.3) is 0 Å². The second kappa shape index (κ2) is 8.09. The molecule has 0 rings (SSSR count). The van der Waals surface area contributed by atoms with Gasteiger partial charge in [0, 0.05) is 9.84 Å². The maximum absolute atomic E-state index is 13.8. The lowest BCUT2D eigenvalue weighted by Gasteiger charge is -2.44. The number of alkyl halides is 18. The minimum Gasteiger partial charge on any atom is -0.199 e. The zero-order valence-electron chi connectivity index (χ0n) is 14.7. The Hall–Kier alpha value is -0.460. The van der Waals surface area contributed by atoms with Gasteiger partial charge in [-0.15, -0.1) is 0 Å². The Bertz CT molecular complexity index is 634. The first-order valence-corrected chi connectivity index (χ1v) is 8.74. The molecule has 2 unspecified atom stereocenters. The molecule has 0 aromatic heterocycles. The summed E-state index contributed by atoms with van der Waals surface area (Å²) in [5.74, 6) is -58.9. The maximum Gasteiger partial charge on any atom is 0.460 e. The van der Waals surface area contributed by atoms with E-state index in [1.807, 2.05) is 0 Å². The van der Waals surface area contributed by atoms with Gasteiger partial charge in [-0.3, -0.25) is 0 Å². The molecule has 0 aromatic rings. The van der Waals surface area contributed by atoms with E-state index in [2.05, 4.69) is 0 Å². The van der Waals surface area contributed by atoms with E-state index >= 15 is 0 Å². The number of hydrogen-bond acceptors (Lipinski definition) is 0. The molecule has 0 aliphatic heterocycles. The van der Waals surface area contributed by atoms with Crippen LogP contribution in [0.15, 0.2) is 0 Å². The highest BCUT2D eigenvalue weighted by molar-refractivity contribution is 14.1. The first kappa shape index (κ1) is 30.5. The fourth-order valence-corrected chi connectivity index (χ4v) is 2.49. The van der Waals surface area contributed by atoms with Crippen LogP contribution in [0.5, 0.6) is 0 Å². The summed E-state index contributed by atoms with van der Waals surface area (Å²) in [7, 11) is 0. The number of halogens is 18. The van der Waals surface area contributed by atoms with E-state index in [1.165, 1.54) is 0 Å². The summed E-state index contributed by atoms with van der Waals surface area (Å²) < 4.78 is 221. The van der Waals surface area contributed by atoms with Gasteiger partial charge in [0.15, 0.2) is 0 Å². The average Bonchev–Trinajstić information content (AvgIpc) is 2.57. The van der Waals surface area contributed by atoms with Gasteiger partial charge in [-0.25, -0.2) is 0 Å². The van der Waals surface area contributed by atoms with E-state index in [1.54, 1.807) is 0 Å². The van der Waals surface area contributed by atoms with Crippen LogP contribution in [0.4, 0.5) is 74.6 Å².